The van der Waals surface area contributed by atoms with Crippen molar-refractivity contribution >= 4 is 23.4 Å². The number of rotatable bonds is 13. The molecule has 6 heteroatoms. The Morgan fingerprint density at radius 1 is 1.06 bits per heavy atom. The highest BCUT2D eigenvalue weighted by molar-refractivity contribution is 6.30. The molecule has 0 aliphatic carbocycles. The molecule has 2 aromatic carbocycles. The summed E-state index contributed by atoms with van der Waals surface area (Å²) in [5.74, 6) is 0.586. The molecule has 31 heavy (non-hydrogen) atoms. The molecule has 0 bridgehead atoms. The van der Waals surface area contributed by atoms with Crippen molar-refractivity contribution < 1.29 is 14.3 Å². The summed E-state index contributed by atoms with van der Waals surface area (Å²) in [6.07, 6.45) is 3.56. The van der Waals surface area contributed by atoms with E-state index >= 15 is 0 Å². The first-order chi connectivity index (χ1) is 15.0. The van der Waals surface area contributed by atoms with Gasteiger partial charge in [0.25, 0.3) is 0 Å². The molecule has 5 nitrogen and oxygen atoms in total. The zero-order valence-electron chi connectivity index (χ0n) is 18.5. The van der Waals surface area contributed by atoms with Crippen LogP contribution in [-0.2, 0) is 16.0 Å². The standard InChI is InChI=1S/C25H33ClN2O3/c1-3-4-17-27-25(30)20(2)28(18-16-21-9-6-5-7-10-21)24(29)11-8-19-31-23-14-12-22(26)13-15-23/h5-7,9-10,12-15,20H,3-4,8,11,16-19H2,1-2H3,(H,27,30)/t20-/m0/s1. The maximum Gasteiger partial charge on any atom is 0.242 e. The summed E-state index contributed by atoms with van der Waals surface area (Å²) in [6.45, 7) is 5.45. The van der Waals surface area contributed by atoms with Gasteiger partial charge in [-0.2, -0.15) is 0 Å². The van der Waals surface area contributed by atoms with Gasteiger partial charge in [0, 0.05) is 24.5 Å². The second-order valence-corrected chi connectivity index (χ2v) is 7.99. The molecular weight excluding hydrogens is 412 g/mol. The fraction of sp³-hybridized carbons (Fsp3) is 0.440. The van der Waals surface area contributed by atoms with Crippen LogP contribution in [0, 0.1) is 0 Å². The summed E-state index contributed by atoms with van der Waals surface area (Å²) in [4.78, 5) is 27.2. The van der Waals surface area contributed by atoms with E-state index in [-0.39, 0.29) is 11.8 Å². The minimum Gasteiger partial charge on any atom is -0.494 e. The molecule has 2 aromatic rings. The number of nitrogens with one attached hydrogen (secondary N) is 1. The van der Waals surface area contributed by atoms with Crippen molar-refractivity contribution in [1.29, 1.82) is 0 Å². The molecular formula is C25H33ClN2O3. The highest BCUT2D eigenvalue weighted by atomic mass is 35.5. The normalized spacial score (nSPS) is 11.6. The molecule has 2 rings (SSSR count). The van der Waals surface area contributed by atoms with E-state index in [0.29, 0.717) is 44.0 Å². The van der Waals surface area contributed by atoms with Gasteiger partial charge in [-0.1, -0.05) is 55.3 Å². The molecule has 0 heterocycles. The van der Waals surface area contributed by atoms with Crippen LogP contribution in [-0.4, -0.2) is 42.5 Å². The maximum absolute atomic E-state index is 13.0. The van der Waals surface area contributed by atoms with Crippen molar-refractivity contribution in [3.63, 3.8) is 0 Å². The number of amides is 2. The number of benzene rings is 2. The van der Waals surface area contributed by atoms with Crippen molar-refractivity contribution in [1.82, 2.24) is 10.2 Å². The molecule has 0 aromatic heterocycles. The van der Waals surface area contributed by atoms with Crippen molar-refractivity contribution in [3.8, 4) is 5.75 Å². The van der Waals surface area contributed by atoms with Crippen LogP contribution >= 0.6 is 11.6 Å². The van der Waals surface area contributed by atoms with E-state index in [1.165, 1.54) is 0 Å². The van der Waals surface area contributed by atoms with Crippen molar-refractivity contribution in [2.24, 2.45) is 0 Å². The smallest absolute Gasteiger partial charge is 0.242 e. The van der Waals surface area contributed by atoms with Gasteiger partial charge < -0.3 is 15.0 Å². The third-order valence-corrected chi connectivity index (χ3v) is 5.35. The van der Waals surface area contributed by atoms with E-state index in [1.54, 1.807) is 36.1 Å². The summed E-state index contributed by atoms with van der Waals surface area (Å²) in [7, 11) is 0. The summed E-state index contributed by atoms with van der Waals surface area (Å²) >= 11 is 5.88. The van der Waals surface area contributed by atoms with Crippen molar-refractivity contribution in [3.05, 3.63) is 65.2 Å². The predicted octanol–water partition coefficient (Wildman–Crippen LogP) is 4.88. The quantitative estimate of drug-likeness (QED) is 0.448. The van der Waals surface area contributed by atoms with E-state index in [2.05, 4.69) is 12.2 Å². The van der Waals surface area contributed by atoms with Crippen LogP contribution in [0.3, 0.4) is 0 Å². The Balaban J connectivity index is 1.90. The molecule has 0 spiro atoms. The topological polar surface area (TPSA) is 58.6 Å². The van der Waals surface area contributed by atoms with Crippen molar-refractivity contribution in [2.45, 2.75) is 52.0 Å². The fourth-order valence-corrected chi connectivity index (χ4v) is 3.32. The Kier molecular flexibility index (Phi) is 10.9. The average Bonchev–Trinajstić information content (AvgIpc) is 2.78. The second kappa shape index (κ2) is 13.7. The minimum absolute atomic E-state index is 0.0335. The zero-order valence-corrected chi connectivity index (χ0v) is 19.2. The van der Waals surface area contributed by atoms with Crippen LogP contribution in [0.15, 0.2) is 54.6 Å². The number of ether oxygens (including phenoxy) is 1. The highest BCUT2D eigenvalue weighted by Crippen LogP contribution is 2.16. The van der Waals surface area contributed by atoms with Gasteiger partial charge in [-0.05, 0) is 56.0 Å². The SMILES string of the molecule is CCCCNC(=O)[C@H](C)N(CCc1ccccc1)C(=O)CCCOc1ccc(Cl)cc1. The van der Waals surface area contributed by atoms with Gasteiger partial charge >= 0.3 is 0 Å². The Hall–Kier alpha value is -2.53. The first-order valence-electron chi connectivity index (χ1n) is 11.0. The molecule has 1 N–H and O–H groups in total. The number of halogens is 1. The minimum atomic E-state index is -0.509. The van der Waals surface area contributed by atoms with Gasteiger partial charge in [-0.25, -0.2) is 0 Å². The van der Waals surface area contributed by atoms with Crippen LogP contribution in [0.25, 0.3) is 0 Å². The van der Waals surface area contributed by atoms with E-state index in [4.69, 9.17) is 16.3 Å². The van der Waals surface area contributed by atoms with Crippen molar-refractivity contribution in [2.75, 3.05) is 19.7 Å². The third kappa shape index (κ3) is 9.01. The van der Waals surface area contributed by atoms with E-state index in [0.717, 1.165) is 24.2 Å². The third-order valence-electron chi connectivity index (χ3n) is 5.10. The first-order valence-corrected chi connectivity index (χ1v) is 11.4. The number of carbonyl (C=O) groups excluding carboxylic acids is 2. The highest BCUT2D eigenvalue weighted by Gasteiger charge is 2.25. The molecule has 0 radical (unpaired) electrons. The van der Waals surface area contributed by atoms with Gasteiger partial charge in [-0.15, -0.1) is 0 Å². The van der Waals surface area contributed by atoms with Gasteiger partial charge in [0.1, 0.15) is 11.8 Å². The van der Waals surface area contributed by atoms with Crippen LogP contribution in [0.5, 0.6) is 5.75 Å². The van der Waals surface area contributed by atoms with Crippen LogP contribution in [0.4, 0.5) is 0 Å². The lowest BCUT2D eigenvalue weighted by atomic mass is 10.1. The van der Waals surface area contributed by atoms with Crippen LogP contribution in [0.2, 0.25) is 5.02 Å². The number of hydrogen-bond acceptors (Lipinski definition) is 3. The molecule has 0 aliphatic heterocycles. The Labute approximate surface area is 190 Å². The van der Waals surface area contributed by atoms with Gasteiger partial charge in [-0.3, -0.25) is 9.59 Å². The van der Waals surface area contributed by atoms with E-state index < -0.39 is 6.04 Å². The number of hydrogen-bond donors (Lipinski definition) is 1. The van der Waals surface area contributed by atoms with Gasteiger partial charge in [0.15, 0.2) is 0 Å². The van der Waals surface area contributed by atoms with E-state index in [9.17, 15) is 9.59 Å². The molecule has 0 saturated carbocycles. The summed E-state index contributed by atoms with van der Waals surface area (Å²) in [5.41, 5.74) is 1.14. The van der Waals surface area contributed by atoms with Gasteiger partial charge in [0.2, 0.25) is 11.8 Å². The Bertz CT molecular complexity index is 796. The lowest BCUT2D eigenvalue weighted by Crippen LogP contribution is -2.49. The number of nitrogens with zero attached hydrogens (tertiary/aromatic N) is 1. The lowest BCUT2D eigenvalue weighted by molar-refractivity contribution is -0.140. The largest absolute Gasteiger partial charge is 0.494 e. The Morgan fingerprint density at radius 2 is 1.77 bits per heavy atom. The lowest BCUT2D eigenvalue weighted by Gasteiger charge is -2.29. The fourth-order valence-electron chi connectivity index (χ4n) is 3.19. The molecule has 0 fully saturated rings. The maximum atomic E-state index is 13.0. The second-order valence-electron chi connectivity index (χ2n) is 7.55. The monoisotopic (exact) mass is 444 g/mol. The average molecular weight is 445 g/mol. The van der Waals surface area contributed by atoms with Crippen LogP contribution < -0.4 is 10.1 Å². The predicted molar refractivity (Wildman–Crippen MR) is 125 cm³/mol. The summed E-state index contributed by atoms with van der Waals surface area (Å²) < 4.78 is 5.69. The molecule has 0 saturated heterocycles. The molecule has 168 valence electrons. The van der Waals surface area contributed by atoms with Crippen LogP contribution in [0.1, 0.15) is 45.1 Å². The van der Waals surface area contributed by atoms with E-state index in [1.807, 2.05) is 30.3 Å². The number of unbranched alkanes of at least 4 members (excludes halogenated alkanes) is 1. The molecule has 0 aliphatic rings. The number of carbonyl (C=O) groups is 2. The zero-order chi connectivity index (χ0) is 22.5. The summed E-state index contributed by atoms with van der Waals surface area (Å²) in [6, 6.07) is 16.6. The molecule has 2 amide bonds. The molecule has 1 atom stereocenters. The Morgan fingerprint density at radius 3 is 2.45 bits per heavy atom. The van der Waals surface area contributed by atoms with Gasteiger partial charge in [0.05, 0.1) is 6.61 Å². The summed E-state index contributed by atoms with van der Waals surface area (Å²) in [5, 5.41) is 3.60. The first kappa shape index (κ1) is 24.7. The molecule has 0 unspecified atom stereocenters.